The summed E-state index contributed by atoms with van der Waals surface area (Å²) in [5, 5.41) is 3.25. The molecule has 1 aliphatic carbocycles. The monoisotopic (exact) mass is 237 g/mol. The lowest BCUT2D eigenvalue weighted by Gasteiger charge is -2.34. The molecular weight excluding hydrogens is 222 g/mol. The van der Waals surface area contributed by atoms with Crippen LogP contribution in [-0.4, -0.2) is 54.3 Å². The van der Waals surface area contributed by atoms with E-state index in [-0.39, 0.29) is 24.3 Å². The number of rotatable bonds is 3. The molecule has 1 saturated heterocycles. The Balaban J connectivity index is 1.78. The van der Waals surface area contributed by atoms with Crippen LogP contribution >= 0.6 is 0 Å². The minimum Gasteiger partial charge on any atom is -0.339 e. The van der Waals surface area contributed by atoms with E-state index in [1.54, 1.807) is 4.90 Å². The highest BCUT2D eigenvalue weighted by atomic mass is 16.2. The molecule has 1 aliphatic heterocycles. The fourth-order valence-corrected chi connectivity index (χ4v) is 1.96. The van der Waals surface area contributed by atoms with Crippen LogP contribution in [0.15, 0.2) is 5.11 Å². The van der Waals surface area contributed by atoms with Crippen LogP contribution in [0.3, 0.4) is 0 Å². The minimum absolute atomic E-state index is 0.132. The Bertz CT molecular complexity index is 365. The van der Waals surface area contributed by atoms with Gasteiger partial charge in [0.2, 0.25) is 11.8 Å². The van der Waals surface area contributed by atoms with Crippen LogP contribution < -0.4 is 0 Å². The topological polar surface area (TPSA) is 89.4 Å². The molecule has 2 aliphatic rings. The third-order valence-corrected chi connectivity index (χ3v) is 3.14. The highest BCUT2D eigenvalue weighted by Crippen LogP contribution is 2.31. The van der Waals surface area contributed by atoms with E-state index >= 15 is 0 Å². The molecule has 0 aromatic rings. The maximum absolute atomic E-state index is 11.8. The molecule has 1 saturated carbocycles. The molecule has 2 rings (SSSR count). The van der Waals surface area contributed by atoms with Crippen molar-refractivity contribution < 1.29 is 9.59 Å². The molecule has 2 fully saturated rings. The highest BCUT2D eigenvalue weighted by molar-refractivity contribution is 5.82. The second kappa shape index (κ2) is 5.05. The van der Waals surface area contributed by atoms with E-state index < -0.39 is 0 Å². The number of carbonyl (C=O) groups is 2. The van der Waals surface area contributed by atoms with Crippen LogP contribution in [0.4, 0.5) is 0 Å². The van der Waals surface area contributed by atoms with E-state index in [2.05, 4.69) is 10.0 Å². The summed E-state index contributed by atoms with van der Waals surface area (Å²) in [7, 11) is 0. The van der Waals surface area contributed by atoms with Crippen molar-refractivity contribution in [3.63, 3.8) is 0 Å². The van der Waals surface area contributed by atoms with E-state index in [1.807, 2.05) is 4.90 Å². The van der Waals surface area contributed by atoms with Gasteiger partial charge in [-0.1, -0.05) is 5.11 Å². The molecule has 0 aromatic heterocycles. The first-order valence-corrected chi connectivity index (χ1v) is 5.80. The quantitative estimate of drug-likeness (QED) is 0.403. The lowest BCUT2D eigenvalue weighted by atomic mass is 10.2. The number of hydrogen-bond donors (Lipinski definition) is 0. The van der Waals surface area contributed by atoms with Crippen molar-refractivity contribution in [3.05, 3.63) is 10.4 Å². The predicted octanol–water partition coefficient (Wildman–Crippen LogP) is 0.377. The van der Waals surface area contributed by atoms with E-state index in [0.717, 1.165) is 12.8 Å². The van der Waals surface area contributed by atoms with Crippen molar-refractivity contribution in [2.75, 3.05) is 32.7 Å². The first-order chi connectivity index (χ1) is 8.22. The Hall–Kier alpha value is -1.75. The van der Waals surface area contributed by atoms with E-state index in [9.17, 15) is 9.59 Å². The molecule has 17 heavy (non-hydrogen) atoms. The van der Waals surface area contributed by atoms with Gasteiger partial charge in [0, 0.05) is 37.0 Å². The lowest BCUT2D eigenvalue weighted by molar-refractivity contribution is -0.139. The number of piperazine rings is 1. The van der Waals surface area contributed by atoms with Crippen molar-refractivity contribution in [1.82, 2.24) is 9.80 Å². The zero-order valence-corrected chi connectivity index (χ0v) is 9.58. The maximum atomic E-state index is 11.8. The molecule has 7 nitrogen and oxygen atoms in total. The summed E-state index contributed by atoms with van der Waals surface area (Å²) in [6.45, 7) is 2.14. The first kappa shape index (κ1) is 11.7. The lowest BCUT2D eigenvalue weighted by Crippen LogP contribution is -2.51. The summed E-state index contributed by atoms with van der Waals surface area (Å²) in [5.41, 5.74) is 8.13. The zero-order chi connectivity index (χ0) is 12.3. The predicted molar refractivity (Wildman–Crippen MR) is 59.9 cm³/mol. The van der Waals surface area contributed by atoms with Crippen LogP contribution in [0.1, 0.15) is 12.8 Å². The Labute approximate surface area is 99.0 Å². The molecule has 0 unspecified atom stereocenters. The van der Waals surface area contributed by atoms with Crippen LogP contribution in [-0.2, 0) is 9.59 Å². The Kier molecular flexibility index (Phi) is 3.49. The van der Waals surface area contributed by atoms with E-state index in [0.29, 0.717) is 26.2 Å². The number of carbonyl (C=O) groups excluding carboxylic acids is 2. The average Bonchev–Trinajstić information content (AvgIpc) is 3.19. The van der Waals surface area contributed by atoms with Crippen LogP contribution in [0.2, 0.25) is 0 Å². The van der Waals surface area contributed by atoms with Gasteiger partial charge in [0.25, 0.3) is 0 Å². The third-order valence-electron chi connectivity index (χ3n) is 3.14. The number of amides is 2. The molecule has 0 radical (unpaired) electrons. The summed E-state index contributed by atoms with van der Waals surface area (Å²) in [5.74, 6) is 0.300. The molecule has 0 bridgehead atoms. The van der Waals surface area contributed by atoms with Gasteiger partial charge in [0.05, 0.1) is 0 Å². The molecule has 0 spiro atoms. The van der Waals surface area contributed by atoms with Crippen molar-refractivity contribution >= 4 is 11.8 Å². The normalized spacial score (nSPS) is 19.8. The van der Waals surface area contributed by atoms with Crippen molar-refractivity contribution in [1.29, 1.82) is 0 Å². The average molecular weight is 237 g/mol. The van der Waals surface area contributed by atoms with Crippen LogP contribution in [0.25, 0.3) is 10.4 Å². The summed E-state index contributed by atoms with van der Waals surface area (Å²) in [6, 6.07) is 0. The molecule has 92 valence electrons. The fourth-order valence-electron chi connectivity index (χ4n) is 1.96. The third kappa shape index (κ3) is 2.88. The SMILES string of the molecule is [N-]=[N+]=NCC(=O)N1CCN(C(=O)C2CC2)CC1. The molecular formula is C10H15N5O2. The van der Waals surface area contributed by atoms with Crippen molar-refractivity contribution in [3.8, 4) is 0 Å². The standard InChI is InChI=1S/C10H15N5O2/c11-13-12-7-9(16)14-3-5-15(6-4-14)10(17)8-1-2-8/h8H,1-7H2. The summed E-state index contributed by atoms with van der Waals surface area (Å²) in [4.78, 5) is 29.3. The van der Waals surface area contributed by atoms with Gasteiger partial charge in [-0.3, -0.25) is 9.59 Å². The van der Waals surface area contributed by atoms with Gasteiger partial charge in [-0.2, -0.15) is 0 Å². The number of hydrogen-bond acceptors (Lipinski definition) is 3. The van der Waals surface area contributed by atoms with Crippen molar-refractivity contribution in [2.24, 2.45) is 11.0 Å². The summed E-state index contributed by atoms with van der Waals surface area (Å²) >= 11 is 0. The molecule has 0 atom stereocenters. The zero-order valence-electron chi connectivity index (χ0n) is 9.58. The number of nitrogens with zero attached hydrogens (tertiary/aromatic N) is 5. The van der Waals surface area contributed by atoms with Crippen molar-refractivity contribution in [2.45, 2.75) is 12.8 Å². The van der Waals surface area contributed by atoms with Crippen LogP contribution in [0, 0.1) is 5.92 Å². The molecule has 0 N–H and O–H groups in total. The van der Waals surface area contributed by atoms with Gasteiger partial charge in [0.15, 0.2) is 0 Å². The van der Waals surface area contributed by atoms with Gasteiger partial charge in [-0.25, -0.2) is 0 Å². The van der Waals surface area contributed by atoms with E-state index in [1.165, 1.54) is 0 Å². The maximum Gasteiger partial charge on any atom is 0.228 e. The molecule has 0 aromatic carbocycles. The van der Waals surface area contributed by atoms with Gasteiger partial charge < -0.3 is 9.80 Å². The summed E-state index contributed by atoms with van der Waals surface area (Å²) < 4.78 is 0. The molecule has 2 amide bonds. The van der Waals surface area contributed by atoms with E-state index in [4.69, 9.17) is 5.53 Å². The minimum atomic E-state index is -0.165. The smallest absolute Gasteiger partial charge is 0.228 e. The fraction of sp³-hybridized carbons (Fsp3) is 0.800. The summed E-state index contributed by atoms with van der Waals surface area (Å²) in [6.07, 6.45) is 2.02. The largest absolute Gasteiger partial charge is 0.339 e. The highest BCUT2D eigenvalue weighted by Gasteiger charge is 2.34. The Morgan fingerprint density at radius 3 is 2.29 bits per heavy atom. The molecule has 7 heteroatoms. The van der Waals surface area contributed by atoms with Crippen LogP contribution in [0.5, 0.6) is 0 Å². The Morgan fingerprint density at radius 2 is 1.76 bits per heavy atom. The second-order valence-electron chi connectivity index (χ2n) is 4.37. The van der Waals surface area contributed by atoms with Gasteiger partial charge >= 0.3 is 0 Å². The second-order valence-corrected chi connectivity index (χ2v) is 4.37. The van der Waals surface area contributed by atoms with Gasteiger partial charge in [-0.15, -0.1) is 0 Å². The van der Waals surface area contributed by atoms with Gasteiger partial charge in [0.1, 0.15) is 6.54 Å². The molecule has 1 heterocycles. The Morgan fingerprint density at radius 1 is 1.18 bits per heavy atom. The number of azide groups is 1. The van der Waals surface area contributed by atoms with Gasteiger partial charge in [-0.05, 0) is 18.4 Å². The first-order valence-electron chi connectivity index (χ1n) is 5.80.